The molecule has 0 heterocycles. The van der Waals surface area contributed by atoms with Crippen LogP contribution in [0.2, 0.25) is 0 Å². The van der Waals surface area contributed by atoms with Crippen molar-refractivity contribution in [3.63, 3.8) is 0 Å². The maximum Gasteiger partial charge on any atom is 0.192 e. The fourth-order valence-corrected chi connectivity index (χ4v) is 1.69. The highest BCUT2D eigenvalue weighted by molar-refractivity contribution is 4.45. The summed E-state index contributed by atoms with van der Waals surface area (Å²) in [4.78, 5) is 0. The summed E-state index contributed by atoms with van der Waals surface area (Å²) in [6.45, 7) is 9.08. The summed E-state index contributed by atoms with van der Waals surface area (Å²) in [5.41, 5.74) is 0. The number of nitrogens with zero attached hydrogens (tertiary/aromatic N) is 1. The van der Waals surface area contributed by atoms with Crippen molar-refractivity contribution in [1.82, 2.24) is 0 Å². The molecule has 0 spiro atoms. The fraction of sp³-hybridized carbons (Fsp3) is 1.00. The number of quaternary nitrogens is 1. The van der Waals surface area contributed by atoms with Gasteiger partial charge in [-0.05, 0) is 20.8 Å². The van der Waals surface area contributed by atoms with Crippen LogP contribution in [0.5, 0.6) is 0 Å². The first kappa shape index (κ1) is 11.9. The summed E-state index contributed by atoms with van der Waals surface area (Å²) in [5, 5.41) is 18.5. The minimum atomic E-state index is -0.407. The van der Waals surface area contributed by atoms with Crippen molar-refractivity contribution in [2.45, 2.75) is 33.4 Å². The predicted molar refractivity (Wildman–Crippen MR) is 49.6 cm³/mol. The standard InChI is InChI=1S/C9H22NO2/c1-4-10(5-2,6-3)9(12)7-8-11/h9,11-12H,4-8H2,1-3H3/q+1. The zero-order chi connectivity index (χ0) is 9.61. The normalized spacial score (nSPS) is 14.8. The van der Waals surface area contributed by atoms with Crippen LogP contribution in [0.4, 0.5) is 0 Å². The molecule has 1 unspecified atom stereocenters. The number of rotatable bonds is 6. The van der Waals surface area contributed by atoms with Gasteiger partial charge in [0.1, 0.15) is 0 Å². The van der Waals surface area contributed by atoms with Crippen LogP contribution in [0.15, 0.2) is 0 Å². The highest BCUT2D eigenvalue weighted by atomic mass is 16.3. The van der Waals surface area contributed by atoms with Gasteiger partial charge < -0.3 is 10.2 Å². The SMILES string of the molecule is CC[N+](CC)(CC)C(O)CCO. The van der Waals surface area contributed by atoms with Crippen molar-refractivity contribution in [2.75, 3.05) is 26.2 Å². The quantitative estimate of drug-likeness (QED) is 0.459. The van der Waals surface area contributed by atoms with Gasteiger partial charge in [0.15, 0.2) is 6.23 Å². The van der Waals surface area contributed by atoms with Crippen LogP contribution in [0.3, 0.4) is 0 Å². The molecule has 0 amide bonds. The predicted octanol–water partition coefficient (Wildman–Crippen LogP) is 0.564. The minimum Gasteiger partial charge on any atom is -0.396 e. The van der Waals surface area contributed by atoms with Gasteiger partial charge in [0, 0.05) is 6.42 Å². The van der Waals surface area contributed by atoms with Crippen LogP contribution in [-0.2, 0) is 0 Å². The molecule has 0 rings (SSSR count). The van der Waals surface area contributed by atoms with E-state index < -0.39 is 6.23 Å². The molecule has 1 atom stereocenters. The Morgan fingerprint density at radius 1 is 1.08 bits per heavy atom. The molecule has 0 saturated carbocycles. The molecule has 0 aliphatic carbocycles. The molecule has 0 aromatic rings. The van der Waals surface area contributed by atoms with Crippen molar-refractivity contribution in [3.05, 3.63) is 0 Å². The zero-order valence-corrected chi connectivity index (χ0v) is 8.45. The Hall–Kier alpha value is -0.120. The van der Waals surface area contributed by atoms with E-state index in [-0.39, 0.29) is 6.61 Å². The highest BCUT2D eigenvalue weighted by Gasteiger charge is 2.29. The first-order valence-corrected chi connectivity index (χ1v) is 4.81. The molecule has 0 saturated heterocycles. The van der Waals surface area contributed by atoms with Gasteiger partial charge in [0.2, 0.25) is 0 Å². The van der Waals surface area contributed by atoms with Gasteiger partial charge in [-0.2, -0.15) is 0 Å². The van der Waals surface area contributed by atoms with Gasteiger partial charge >= 0.3 is 0 Å². The molecule has 0 fully saturated rings. The zero-order valence-electron chi connectivity index (χ0n) is 8.45. The second kappa shape index (κ2) is 5.51. The van der Waals surface area contributed by atoms with E-state index in [0.29, 0.717) is 10.9 Å². The summed E-state index contributed by atoms with van der Waals surface area (Å²) < 4.78 is 0.695. The lowest BCUT2D eigenvalue weighted by Gasteiger charge is -2.39. The van der Waals surface area contributed by atoms with Gasteiger partial charge in [-0.15, -0.1) is 0 Å². The van der Waals surface area contributed by atoms with E-state index in [4.69, 9.17) is 5.11 Å². The monoisotopic (exact) mass is 176 g/mol. The third kappa shape index (κ3) is 2.44. The van der Waals surface area contributed by atoms with E-state index in [1.165, 1.54) is 0 Å². The van der Waals surface area contributed by atoms with Gasteiger partial charge in [0.25, 0.3) is 0 Å². The molecule has 0 aromatic heterocycles. The van der Waals surface area contributed by atoms with Gasteiger partial charge in [-0.25, -0.2) is 0 Å². The molecule has 2 N–H and O–H groups in total. The maximum atomic E-state index is 9.77. The third-order valence-corrected chi connectivity index (χ3v) is 2.91. The van der Waals surface area contributed by atoms with E-state index in [1.54, 1.807) is 0 Å². The lowest BCUT2D eigenvalue weighted by atomic mass is 10.2. The van der Waals surface area contributed by atoms with Gasteiger partial charge in [-0.3, -0.25) is 4.48 Å². The first-order valence-electron chi connectivity index (χ1n) is 4.81. The second-order valence-corrected chi connectivity index (χ2v) is 3.16. The van der Waals surface area contributed by atoms with Crippen molar-refractivity contribution in [2.24, 2.45) is 0 Å². The van der Waals surface area contributed by atoms with E-state index in [9.17, 15) is 5.11 Å². The molecular formula is C9H22NO2+. The van der Waals surface area contributed by atoms with E-state index in [2.05, 4.69) is 20.8 Å². The average molecular weight is 176 g/mol. The molecule has 0 aromatic carbocycles. The first-order chi connectivity index (χ1) is 5.66. The Bertz CT molecular complexity index is 105. The van der Waals surface area contributed by atoms with Crippen LogP contribution in [0, 0.1) is 0 Å². The van der Waals surface area contributed by atoms with Crippen LogP contribution >= 0.6 is 0 Å². The summed E-state index contributed by atoms with van der Waals surface area (Å²) in [7, 11) is 0. The Morgan fingerprint density at radius 2 is 1.50 bits per heavy atom. The molecule has 0 radical (unpaired) electrons. The van der Waals surface area contributed by atoms with Crippen molar-refractivity contribution < 1.29 is 14.7 Å². The fourth-order valence-electron chi connectivity index (χ4n) is 1.69. The summed E-state index contributed by atoms with van der Waals surface area (Å²) >= 11 is 0. The van der Waals surface area contributed by atoms with Crippen LogP contribution < -0.4 is 0 Å². The molecular weight excluding hydrogens is 154 g/mol. The largest absolute Gasteiger partial charge is 0.396 e. The Kier molecular flexibility index (Phi) is 5.46. The third-order valence-electron chi connectivity index (χ3n) is 2.91. The van der Waals surface area contributed by atoms with Crippen molar-refractivity contribution in [1.29, 1.82) is 0 Å². The second-order valence-electron chi connectivity index (χ2n) is 3.16. The molecule has 0 bridgehead atoms. The number of aliphatic hydroxyl groups excluding tert-OH is 2. The van der Waals surface area contributed by atoms with Gasteiger partial charge in [0.05, 0.1) is 26.2 Å². The topological polar surface area (TPSA) is 40.5 Å². The van der Waals surface area contributed by atoms with E-state index in [1.807, 2.05) is 0 Å². The number of aliphatic hydroxyl groups is 2. The lowest BCUT2D eigenvalue weighted by Crippen LogP contribution is -2.55. The van der Waals surface area contributed by atoms with Crippen molar-refractivity contribution >= 4 is 0 Å². The minimum absolute atomic E-state index is 0.0706. The van der Waals surface area contributed by atoms with Crippen LogP contribution in [0.25, 0.3) is 0 Å². The number of hydrogen-bond acceptors (Lipinski definition) is 2. The van der Waals surface area contributed by atoms with E-state index in [0.717, 1.165) is 19.6 Å². The smallest absolute Gasteiger partial charge is 0.192 e. The molecule has 0 aliphatic heterocycles. The average Bonchev–Trinajstić information content (AvgIpc) is 2.09. The lowest BCUT2D eigenvalue weighted by molar-refractivity contribution is -0.967. The number of hydrogen-bond donors (Lipinski definition) is 2. The maximum absolute atomic E-state index is 9.77. The molecule has 74 valence electrons. The van der Waals surface area contributed by atoms with E-state index >= 15 is 0 Å². The Morgan fingerprint density at radius 3 is 1.75 bits per heavy atom. The summed E-state index contributed by atoms with van der Waals surface area (Å²) in [6, 6.07) is 0. The molecule has 3 nitrogen and oxygen atoms in total. The molecule has 3 heteroatoms. The Balaban J connectivity index is 4.24. The highest BCUT2D eigenvalue weighted by Crippen LogP contribution is 2.13. The van der Waals surface area contributed by atoms with Crippen LogP contribution in [-0.4, -0.2) is 47.2 Å². The van der Waals surface area contributed by atoms with Crippen LogP contribution in [0.1, 0.15) is 27.2 Å². The summed E-state index contributed by atoms with van der Waals surface area (Å²) in [6.07, 6.45) is 0.0743. The van der Waals surface area contributed by atoms with Crippen molar-refractivity contribution in [3.8, 4) is 0 Å². The Labute approximate surface area is 75.2 Å². The molecule has 0 aliphatic rings. The van der Waals surface area contributed by atoms with Gasteiger partial charge in [-0.1, -0.05) is 0 Å². The molecule has 12 heavy (non-hydrogen) atoms. The summed E-state index contributed by atoms with van der Waals surface area (Å²) in [5.74, 6) is 0.